The van der Waals surface area contributed by atoms with Crippen LogP contribution in [0.1, 0.15) is 24.1 Å². The Morgan fingerprint density at radius 2 is 1.76 bits per heavy atom. The van der Waals surface area contributed by atoms with Gasteiger partial charge in [-0.1, -0.05) is 54.6 Å². The third-order valence-electron chi connectivity index (χ3n) is 4.32. The lowest BCUT2D eigenvalue weighted by Crippen LogP contribution is -2.18. The van der Waals surface area contributed by atoms with Crippen molar-refractivity contribution < 1.29 is 9.13 Å². The van der Waals surface area contributed by atoms with E-state index >= 15 is 0 Å². The molecule has 3 rings (SSSR count). The highest BCUT2D eigenvalue weighted by Crippen LogP contribution is 2.25. The number of ether oxygens (including phenoxy) is 1. The van der Waals surface area contributed by atoms with Crippen molar-refractivity contribution in [1.82, 2.24) is 5.32 Å². The summed E-state index contributed by atoms with van der Waals surface area (Å²) in [6.45, 7) is 2.73. The molecule has 25 heavy (non-hydrogen) atoms. The van der Waals surface area contributed by atoms with E-state index in [1.807, 2.05) is 73.7 Å². The summed E-state index contributed by atoms with van der Waals surface area (Å²) in [5.41, 5.74) is 3.58. The first-order valence-electron chi connectivity index (χ1n) is 8.38. The van der Waals surface area contributed by atoms with Crippen LogP contribution in [0.3, 0.4) is 0 Å². The van der Waals surface area contributed by atoms with Crippen molar-refractivity contribution in [1.29, 1.82) is 0 Å². The largest absolute Gasteiger partial charge is 0.497 e. The lowest BCUT2D eigenvalue weighted by atomic mass is 10.0. The molecule has 1 N–H and O–H groups in total. The second kappa shape index (κ2) is 7.95. The number of hydrogen-bond acceptors (Lipinski definition) is 2. The van der Waals surface area contributed by atoms with Gasteiger partial charge in [-0.15, -0.1) is 0 Å². The maximum Gasteiger partial charge on any atom is 0.131 e. The zero-order valence-electron chi connectivity index (χ0n) is 14.5. The van der Waals surface area contributed by atoms with E-state index in [-0.39, 0.29) is 11.9 Å². The second-order valence-corrected chi connectivity index (χ2v) is 6.06. The number of halogens is 1. The van der Waals surface area contributed by atoms with Crippen molar-refractivity contribution in [3.05, 3.63) is 89.7 Å². The van der Waals surface area contributed by atoms with E-state index in [9.17, 15) is 4.39 Å². The first kappa shape index (κ1) is 17.2. The third kappa shape index (κ3) is 4.25. The molecule has 3 aromatic rings. The minimum atomic E-state index is -0.196. The van der Waals surface area contributed by atoms with Crippen LogP contribution in [0.2, 0.25) is 0 Å². The van der Waals surface area contributed by atoms with Crippen LogP contribution in [0.15, 0.2) is 72.8 Å². The van der Waals surface area contributed by atoms with Gasteiger partial charge in [0.15, 0.2) is 0 Å². The van der Waals surface area contributed by atoms with Crippen molar-refractivity contribution in [3.8, 4) is 16.9 Å². The maximum absolute atomic E-state index is 14.5. The Labute approximate surface area is 148 Å². The fourth-order valence-electron chi connectivity index (χ4n) is 2.82. The van der Waals surface area contributed by atoms with Gasteiger partial charge in [0.25, 0.3) is 0 Å². The Kier molecular flexibility index (Phi) is 5.46. The van der Waals surface area contributed by atoms with E-state index in [0.29, 0.717) is 12.1 Å². The summed E-state index contributed by atoms with van der Waals surface area (Å²) in [6, 6.07) is 23.0. The standard InChI is InChI=1S/C22H22FNO/c1-16(24-15-17-7-6-10-20(13-17)25-2)19-11-12-21(22(23)14-19)18-8-4-3-5-9-18/h3-14,16,24H,15H2,1-2H3. The lowest BCUT2D eigenvalue weighted by molar-refractivity contribution is 0.414. The Balaban J connectivity index is 1.70. The van der Waals surface area contributed by atoms with Crippen LogP contribution in [0.5, 0.6) is 5.75 Å². The molecule has 2 nitrogen and oxygen atoms in total. The highest BCUT2D eigenvalue weighted by atomic mass is 19.1. The number of hydrogen-bond donors (Lipinski definition) is 1. The predicted molar refractivity (Wildman–Crippen MR) is 100 cm³/mol. The fourth-order valence-corrected chi connectivity index (χ4v) is 2.82. The quantitative estimate of drug-likeness (QED) is 0.655. The smallest absolute Gasteiger partial charge is 0.131 e. The van der Waals surface area contributed by atoms with Gasteiger partial charge in [-0.2, -0.15) is 0 Å². The molecule has 0 aliphatic heterocycles. The normalized spacial score (nSPS) is 12.0. The molecule has 0 aliphatic carbocycles. The summed E-state index contributed by atoms with van der Waals surface area (Å²) >= 11 is 0. The van der Waals surface area contributed by atoms with Gasteiger partial charge in [0.2, 0.25) is 0 Å². The van der Waals surface area contributed by atoms with Gasteiger partial charge in [0.05, 0.1) is 7.11 Å². The van der Waals surface area contributed by atoms with Gasteiger partial charge in [-0.05, 0) is 41.8 Å². The molecule has 0 saturated heterocycles. The second-order valence-electron chi connectivity index (χ2n) is 6.06. The molecule has 0 amide bonds. The zero-order valence-corrected chi connectivity index (χ0v) is 14.5. The minimum Gasteiger partial charge on any atom is -0.497 e. The van der Waals surface area contributed by atoms with Gasteiger partial charge >= 0.3 is 0 Å². The SMILES string of the molecule is COc1cccc(CNC(C)c2ccc(-c3ccccc3)c(F)c2)c1. The summed E-state index contributed by atoms with van der Waals surface area (Å²) in [6.07, 6.45) is 0. The molecule has 0 radical (unpaired) electrons. The lowest BCUT2D eigenvalue weighted by Gasteiger charge is -2.16. The van der Waals surface area contributed by atoms with Crippen LogP contribution >= 0.6 is 0 Å². The molecule has 0 bridgehead atoms. The van der Waals surface area contributed by atoms with E-state index in [1.54, 1.807) is 13.2 Å². The summed E-state index contributed by atoms with van der Waals surface area (Å²) in [5.74, 6) is 0.643. The molecule has 0 aromatic heterocycles. The highest BCUT2D eigenvalue weighted by Gasteiger charge is 2.10. The summed E-state index contributed by atoms with van der Waals surface area (Å²) in [5, 5.41) is 3.43. The van der Waals surface area contributed by atoms with Crippen LogP contribution in [-0.4, -0.2) is 7.11 Å². The maximum atomic E-state index is 14.5. The van der Waals surface area contributed by atoms with Crippen molar-refractivity contribution in [2.45, 2.75) is 19.5 Å². The molecule has 0 fully saturated rings. The topological polar surface area (TPSA) is 21.3 Å². The third-order valence-corrected chi connectivity index (χ3v) is 4.32. The van der Waals surface area contributed by atoms with Gasteiger partial charge in [-0.25, -0.2) is 4.39 Å². The summed E-state index contributed by atoms with van der Waals surface area (Å²) < 4.78 is 19.8. The van der Waals surface area contributed by atoms with Crippen LogP contribution in [0.25, 0.3) is 11.1 Å². The molecule has 0 spiro atoms. The molecular formula is C22H22FNO. The van der Waals surface area contributed by atoms with Gasteiger partial charge in [0.1, 0.15) is 11.6 Å². The van der Waals surface area contributed by atoms with E-state index in [0.717, 1.165) is 22.4 Å². The van der Waals surface area contributed by atoms with Gasteiger partial charge in [-0.3, -0.25) is 0 Å². The summed E-state index contributed by atoms with van der Waals surface area (Å²) in [4.78, 5) is 0. The molecule has 1 atom stereocenters. The average molecular weight is 335 g/mol. The fraction of sp³-hybridized carbons (Fsp3) is 0.182. The van der Waals surface area contributed by atoms with Crippen molar-refractivity contribution >= 4 is 0 Å². The number of benzene rings is 3. The molecule has 3 aromatic carbocycles. The van der Waals surface area contributed by atoms with Gasteiger partial charge in [0, 0.05) is 18.2 Å². The Morgan fingerprint density at radius 1 is 0.960 bits per heavy atom. The Hall–Kier alpha value is -2.65. The van der Waals surface area contributed by atoms with Crippen LogP contribution < -0.4 is 10.1 Å². The molecule has 1 unspecified atom stereocenters. The van der Waals surface area contributed by atoms with Crippen LogP contribution in [-0.2, 0) is 6.54 Å². The molecule has 0 saturated carbocycles. The molecule has 3 heteroatoms. The number of nitrogens with one attached hydrogen (secondary N) is 1. The number of methoxy groups -OCH3 is 1. The number of rotatable bonds is 6. The predicted octanol–water partition coefficient (Wildman–Crippen LogP) is 5.35. The molecule has 128 valence electrons. The van der Waals surface area contributed by atoms with Crippen molar-refractivity contribution in [2.75, 3.05) is 7.11 Å². The molecule has 0 heterocycles. The van der Waals surface area contributed by atoms with Crippen molar-refractivity contribution in [2.24, 2.45) is 0 Å². The van der Waals surface area contributed by atoms with E-state index < -0.39 is 0 Å². The average Bonchev–Trinajstić information content (AvgIpc) is 2.67. The zero-order chi connectivity index (χ0) is 17.6. The van der Waals surface area contributed by atoms with E-state index in [2.05, 4.69) is 5.32 Å². The van der Waals surface area contributed by atoms with Crippen LogP contribution in [0, 0.1) is 5.82 Å². The van der Waals surface area contributed by atoms with Crippen molar-refractivity contribution in [3.63, 3.8) is 0 Å². The van der Waals surface area contributed by atoms with E-state index in [1.165, 1.54) is 0 Å². The summed E-state index contributed by atoms with van der Waals surface area (Å²) in [7, 11) is 1.66. The van der Waals surface area contributed by atoms with Crippen LogP contribution in [0.4, 0.5) is 4.39 Å². The molecule has 0 aliphatic rings. The first-order valence-corrected chi connectivity index (χ1v) is 8.38. The first-order chi connectivity index (χ1) is 12.2. The van der Waals surface area contributed by atoms with Gasteiger partial charge < -0.3 is 10.1 Å². The molecular weight excluding hydrogens is 313 g/mol. The Bertz CT molecular complexity index is 832. The monoisotopic (exact) mass is 335 g/mol. The Morgan fingerprint density at radius 3 is 2.48 bits per heavy atom. The highest BCUT2D eigenvalue weighted by molar-refractivity contribution is 5.64. The minimum absolute atomic E-state index is 0.0468. The van der Waals surface area contributed by atoms with E-state index in [4.69, 9.17) is 4.74 Å².